The second-order valence-corrected chi connectivity index (χ2v) is 6.13. The van der Waals surface area contributed by atoms with E-state index >= 15 is 0 Å². The molecule has 5 heteroatoms. The molecule has 3 atom stereocenters. The van der Waals surface area contributed by atoms with Crippen molar-refractivity contribution < 1.29 is 9.53 Å². The van der Waals surface area contributed by atoms with Crippen LogP contribution in [0, 0.1) is 5.92 Å². The fourth-order valence-corrected chi connectivity index (χ4v) is 3.58. The molecule has 0 aliphatic carbocycles. The molecule has 4 rings (SSSR count). The molecule has 1 aliphatic rings. The van der Waals surface area contributed by atoms with Crippen LogP contribution in [-0.4, -0.2) is 22.9 Å². The van der Waals surface area contributed by atoms with Crippen molar-refractivity contribution in [1.29, 1.82) is 0 Å². The van der Waals surface area contributed by atoms with E-state index in [4.69, 9.17) is 4.74 Å². The van der Waals surface area contributed by atoms with Crippen molar-refractivity contribution in [3.05, 3.63) is 78.1 Å². The van der Waals surface area contributed by atoms with Gasteiger partial charge in [0.2, 0.25) is 5.95 Å². The van der Waals surface area contributed by atoms with E-state index in [1.807, 2.05) is 65.4 Å². The Morgan fingerprint density at radius 3 is 2.68 bits per heavy atom. The van der Waals surface area contributed by atoms with Gasteiger partial charge in [-0.05, 0) is 23.3 Å². The van der Waals surface area contributed by atoms with Gasteiger partial charge >= 0.3 is 0 Å². The Bertz CT molecular complexity index is 875. The van der Waals surface area contributed by atoms with Gasteiger partial charge in [0.1, 0.15) is 12.0 Å². The van der Waals surface area contributed by atoms with Crippen LogP contribution < -0.4 is 10.1 Å². The Morgan fingerprint density at radius 2 is 1.92 bits per heavy atom. The van der Waals surface area contributed by atoms with E-state index in [0.717, 1.165) is 29.1 Å². The van der Waals surface area contributed by atoms with Gasteiger partial charge in [0.05, 0.1) is 25.1 Å². The summed E-state index contributed by atoms with van der Waals surface area (Å²) in [4.78, 5) is 16.5. The summed E-state index contributed by atoms with van der Waals surface area (Å²) < 4.78 is 7.39. The summed E-state index contributed by atoms with van der Waals surface area (Å²) in [7, 11) is 1.65. The van der Waals surface area contributed by atoms with E-state index in [2.05, 4.69) is 10.3 Å². The average Bonchev–Trinajstić information content (AvgIpc) is 3.15. The fraction of sp³-hybridized carbons (Fsp3) is 0.200. The number of nitrogens with one attached hydrogen (secondary N) is 1. The second kappa shape index (κ2) is 6.43. The molecule has 0 spiro atoms. The summed E-state index contributed by atoms with van der Waals surface area (Å²) in [6.45, 7) is 0. The molecule has 0 saturated carbocycles. The molecule has 5 nitrogen and oxygen atoms in total. The zero-order chi connectivity index (χ0) is 17.2. The van der Waals surface area contributed by atoms with Gasteiger partial charge in [-0.1, -0.05) is 42.5 Å². The van der Waals surface area contributed by atoms with Crippen LogP contribution in [0.2, 0.25) is 0 Å². The monoisotopic (exact) mass is 333 g/mol. The number of hydrogen-bond donors (Lipinski definition) is 1. The summed E-state index contributed by atoms with van der Waals surface area (Å²) in [6.07, 6.45) is 4.70. The molecule has 0 unspecified atom stereocenters. The van der Waals surface area contributed by atoms with Crippen LogP contribution in [0.1, 0.15) is 23.2 Å². The molecule has 0 bridgehead atoms. The highest BCUT2D eigenvalue weighted by molar-refractivity contribution is 5.62. The summed E-state index contributed by atoms with van der Waals surface area (Å²) >= 11 is 0. The predicted molar refractivity (Wildman–Crippen MR) is 95.7 cm³/mol. The maximum absolute atomic E-state index is 12.1. The SMILES string of the molecule is COc1cccc([C@@H]2[C@@H](C=O)[C@H](c3ccccc3)Nc3nccn32)c1. The van der Waals surface area contributed by atoms with E-state index in [1.165, 1.54) is 0 Å². The minimum atomic E-state index is -0.267. The van der Waals surface area contributed by atoms with E-state index in [1.54, 1.807) is 13.3 Å². The maximum atomic E-state index is 12.1. The molecule has 25 heavy (non-hydrogen) atoms. The molecule has 126 valence electrons. The first-order chi connectivity index (χ1) is 12.3. The molecule has 0 radical (unpaired) electrons. The maximum Gasteiger partial charge on any atom is 0.203 e. The highest BCUT2D eigenvalue weighted by Gasteiger charge is 2.38. The molecule has 0 amide bonds. The van der Waals surface area contributed by atoms with Crippen molar-refractivity contribution in [3.63, 3.8) is 0 Å². The molecule has 3 aromatic rings. The van der Waals surface area contributed by atoms with Crippen LogP contribution in [0.4, 0.5) is 5.95 Å². The smallest absolute Gasteiger partial charge is 0.203 e. The molecule has 0 fully saturated rings. The summed E-state index contributed by atoms with van der Waals surface area (Å²) in [5.41, 5.74) is 2.10. The zero-order valence-corrected chi connectivity index (χ0v) is 13.9. The number of methoxy groups -OCH3 is 1. The lowest BCUT2D eigenvalue weighted by molar-refractivity contribution is -0.112. The van der Waals surface area contributed by atoms with Crippen molar-refractivity contribution in [2.75, 3.05) is 12.4 Å². The van der Waals surface area contributed by atoms with Gasteiger partial charge in [0.25, 0.3) is 0 Å². The summed E-state index contributed by atoms with van der Waals surface area (Å²) in [6, 6.07) is 17.6. The topological polar surface area (TPSA) is 56.1 Å². The van der Waals surface area contributed by atoms with E-state index < -0.39 is 0 Å². The Kier molecular flexibility index (Phi) is 3.98. The van der Waals surface area contributed by atoms with Gasteiger partial charge in [-0.3, -0.25) is 0 Å². The van der Waals surface area contributed by atoms with Gasteiger partial charge < -0.3 is 19.4 Å². The first-order valence-corrected chi connectivity index (χ1v) is 8.25. The number of ether oxygens (including phenoxy) is 1. The quantitative estimate of drug-likeness (QED) is 0.743. The normalized spacial score (nSPS) is 21.9. The van der Waals surface area contributed by atoms with Gasteiger partial charge in [-0.15, -0.1) is 0 Å². The van der Waals surface area contributed by atoms with Crippen LogP contribution >= 0.6 is 0 Å². The standard InChI is InChI=1S/C20H19N3O2/c1-25-16-9-5-8-15(12-16)19-17(13-24)18(14-6-3-2-4-7-14)22-20-21-10-11-23(19)20/h2-13,17-19H,1H3,(H,21,22)/t17-,18-,19+/m0/s1. The zero-order valence-electron chi connectivity index (χ0n) is 13.9. The largest absolute Gasteiger partial charge is 0.497 e. The Labute approximate surface area is 146 Å². The number of anilines is 1. The number of benzene rings is 2. The number of aromatic nitrogens is 2. The molecule has 1 aliphatic heterocycles. The van der Waals surface area contributed by atoms with Crippen molar-refractivity contribution in [1.82, 2.24) is 9.55 Å². The predicted octanol–water partition coefficient (Wildman–Crippen LogP) is 3.46. The minimum Gasteiger partial charge on any atom is -0.497 e. The first kappa shape index (κ1) is 15.4. The number of imidazole rings is 1. The second-order valence-electron chi connectivity index (χ2n) is 6.13. The molecule has 2 heterocycles. The molecular weight excluding hydrogens is 314 g/mol. The number of fused-ring (bicyclic) bond motifs is 1. The number of aldehydes is 1. The van der Waals surface area contributed by atoms with Crippen LogP contribution in [0.5, 0.6) is 5.75 Å². The molecular formula is C20H19N3O2. The van der Waals surface area contributed by atoms with E-state index in [0.29, 0.717) is 0 Å². The average molecular weight is 333 g/mol. The van der Waals surface area contributed by atoms with Crippen LogP contribution in [0.3, 0.4) is 0 Å². The Morgan fingerprint density at radius 1 is 1.12 bits per heavy atom. The minimum absolute atomic E-state index is 0.134. The number of hydrogen-bond acceptors (Lipinski definition) is 4. The van der Waals surface area contributed by atoms with Crippen molar-refractivity contribution in [2.45, 2.75) is 12.1 Å². The third-order valence-electron chi connectivity index (χ3n) is 4.75. The summed E-state index contributed by atoms with van der Waals surface area (Å²) in [5.74, 6) is 1.27. The van der Waals surface area contributed by atoms with Crippen LogP contribution in [0.25, 0.3) is 0 Å². The molecule has 1 N–H and O–H groups in total. The van der Waals surface area contributed by atoms with Crippen LogP contribution in [-0.2, 0) is 4.79 Å². The number of rotatable bonds is 4. The lowest BCUT2D eigenvalue weighted by atomic mass is 9.83. The van der Waals surface area contributed by atoms with Crippen molar-refractivity contribution in [3.8, 4) is 5.75 Å². The van der Waals surface area contributed by atoms with Crippen LogP contribution in [0.15, 0.2) is 67.0 Å². The third kappa shape index (κ3) is 2.67. The van der Waals surface area contributed by atoms with Gasteiger partial charge in [0, 0.05) is 12.4 Å². The van der Waals surface area contributed by atoms with Crippen molar-refractivity contribution in [2.24, 2.45) is 5.92 Å². The Balaban J connectivity index is 1.84. The molecule has 0 saturated heterocycles. The van der Waals surface area contributed by atoms with Gasteiger partial charge in [-0.25, -0.2) is 4.98 Å². The molecule has 2 aromatic carbocycles. The number of carbonyl (C=O) groups is 1. The third-order valence-corrected chi connectivity index (χ3v) is 4.75. The van der Waals surface area contributed by atoms with Gasteiger partial charge in [-0.2, -0.15) is 0 Å². The van der Waals surface area contributed by atoms with Gasteiger partial charge in [0.15, 0.2) is 0 Å². The molecule has 1 aromatic heterocycles. The van der Waals surface area contributed by atoms with Crippen molar-refractivity contribution >= 4 is 12.2 Å². The van der Waals surface area contributed by atoms with E-state index in [-0.39, 0.29) is 18.0 Å². The lowest BCUT2D eigenvalue weighted by Crippen LogP contribution is -2.37. The number of carbonyl (C=O) groups excluding carboxylic acids is 1. The number of nitrogens with zero attached hydrogens (tertiary/aromatic N) is 2. The fourth-order valence-electron chi connectivity index (χ4n) is 3.58. The highest BCUT2D eigenvalue weighted by Crippen LogP contribution is 2.42. The first-order valence-electron chi connectivity index (χ1n) is 8.25. The summed E-state index contributed by atoms with van der Waals surface area (Å²) in [5, 5.41) is 3.41. The highest BCUT2D eigenvalue weighted by atomic mass is 16.5. The lowest BCUT2D eigenvalue weighted by Gasteiger charge is -2.38. The Hall–Kier alpha value is -3.08. The van der Waals surface area contributed by atoms with E-state index in [9.17, 15) is 4.79 Å².